The predicted octanol–water partition coefficient (Wildman–Crippen LogP) is 8.88. The Morgan fingerprint density at radius 3 is 1.90 bits per heavy atom. The van der Waals surface area contributed by atoms with Gasteiger partial charge in [-0.15, -0.1) is 0 Å². The largest absolute Gasteiger partial charge is 0.207 e. The van der Waals surface area contributed by atoms with Crippen LogP contribution in [0.15, 0.2) is 48.6 Å². The molecule has 0 aromatic heterocycles. The van der Waals surface area contributed by atoms with Gasteiger partial charge in [-0.25, -0.2) is 4.39 Å². The second-order valence-electron chi connectivity index (χ2n) is 9.93. The molecule has 2 aliphatic rings. The Morgan fingerprint density at radius 2 is 1.32 bits per heavy atom. The lowest BCUT2D eigenvalue weighted by Gasteiger charge is -2.30. The molecular formula is C29H40FN. The molecule has 168 valence electrons. The summed E-state index contributed by atoms with van der Waals surface area (Å²) < 4.78 is 13.1. The average molecular weight is 422 g/mol. The molecule has 3 rings (SSSR count). The van der Waals surface area contributed by atoms with Gasteiger partial charge >= 0.3 is 0 Å². The summed E-state index contributed by atoms with van der Waals surface area (Å²) in [5, 5.41) is 8.47. The molecule has 0 spiro atoms. The zero-order valence-electron chi connectivity index (χ0n) is 19.2. The van der Waals surface area contributed by atoms with Crippen molar-refractivity contribution in [1.29, 1.82) is 5.26 Å². The third-order valence-electron chi connectivity index (χ3n) is 7.79. The quantitative estimate of drug-likeness (QED) is 0.210. The van der Waals surface area contributed by atoms with Crippen molar-refractivity contribution < 1.29 is 4.39 Å². The molecule has 0 amide bonds. The first-order chi connectivity index (χ1) is 15.2. The van der Waals surface area contributed by atoms with Gasteiger partial charge in [0.05, 0.1) is 6.07 Å². The SMILES string of the molecule is N#CC=CC=CCCC1CCC(CCCCC2CCC(c3ccc(F)cc3)CC2)CC1. The zero-order chi connectivity index (χ0) is 21.7. The van der Waals surface area contributed by atoms with Crippen molar-refractivity contribution in [3.63, 3.8) is 0 Å². The van der Waals surface area contributed by atoms with Crippen LogP contribution < -0.4 is 0 Å². The number of nitrogens with zero attached hydrogens (tertiary/aromatic N) is 1. The van der Waals surface area contributed by atoms with Crippen LogP contribution in [0.4, 0.5) is 4.39 Å². The average Bonchev–Trinajstić information content (AvgIpc) is 2.81. The van der Waals surface area contributed by atoms with E-state index in [1.807, 2.05) is 30.4 Å². The van der Waals surface area contributed by atoms with E-state index in [2.05, 4.69) is 6.08 Å². The molecule has 0 N–H and O–H groups in total. The third-order valence-corrected chi connectivity index (χ3v) is 7.79. The van der Waals surface area contributed by atoms with Crippen molar-refractivity contribution in [2.45, 2.75) is 95.8 Å². The molecule has 2 fully saturated rings. The van der Waals surface area contributed by atoms with Gasteiger partial charge in [0.1, 0.15) is 5.82 Å². The molecule has 2 saturated carbocycles. The normalized spacial score (nSPS) is 27.0. The minimum Gasteiger partial charge on any atom is -0.207 e. The Hall–Kier alpha value is -1.88. The van der Waals surface area contributed by atoms with Crippen LogP contribution in [-0.4, -0.2) is 0 Å². The van der Waals surface area contributed by atoms with Crippen LogP contribution in [0, 0.1) is 34.9 Å². The molecule has 0 atom stereocenters. The van der Waals surface area contributed by atoms with Crippen molar-refractivity contribution >= 4 is 0 Å². The summed E-state index contributed by atoms with van der Waals surface area (Å²) in [6.45, 7) is 0. The maximum Gasteiger partial charge on any atom is 0.123 e. The topological polar surface area (TPSA) is 23.8 Å². The number of hydrogen-bond acceptors (Lipinski definition) is 1. The second kappa shape index (κ2) is 13.5. The van der Waals surface area contributed by atoms with E-state index in [9.17, 15) is 4.39 Å². The van der Waals surface area contributed by atoms with Crippen LogP contribution >= 0.6 is 0 Å². The number of rotatable bonds is 10. The van der Waals surface area contributed by atoms with Gasteiger partial charge in [-0.2, -0.15) is 5.26 Å². The van der Waals surface area contributed by atoms with E-state index in [1.54, 1.807) is 12.1 Å². The Labute approximate surface area is 189 Å². The van der Waals surface area contributed by atoms with Crippen LogP contribution in [0.5, 0.6) is 0 Å². The summed E-state index contributed by atoms with van der Waals surface area (Å²) in [7, 11) is 0. The lowest BCUT2D eigenvalue weighted by molar-refractivity contribution is 0.244. The van der Waals surface area contributed by atoms with Gasteiger partial charge < -0.3 is 0 Å². The molecule has 0 radical (unpaired) electrons. The van der Waals surface area contributed by atoms with Crippen molar-refractivity contribution in [3.8, 4) is 6.07 Å². The summed E-state index contributed by atoms with van der Waals surface area (Å²) in [6.07, 6.45) is 26.7. The van der Waals surface area contributed by atoms with Crippen LogP contribution in [0.1, 0.15) is 101 Å². The molecule has 2 aliphatic carbocycles. The van der Waals surface area contributed by atoms with Crippen LogP contribution in [0.3, 0.4) is 0 Å². The highest BCUT2D eigenvalue weighted by molar-refractivity contribution is 5.20. The van der Waals surface area contributed by atoms with Gasteiger partial charge in [0, 0.05) is 6.08 Å². The lowest BCUT2D eigenvalue weighted by atomic mass is 9.76. The highest BCUT2D eigenvalue weighted by atomic mass is 19.1. The number of nitriles is 1. The number of hydrogen-bond donors (Lipinski definition) is 0. The molecule has 0 bridgehead atoms. The van der Waals surface area contributed by atoms with E-state index in [1.165, 1.54) is 95.1 Å². The smallest absolute Gasteiger partial charge is 0.123 e. The first kappa shape index (κ1) is 23.8. The predicted molar refractivity (Wildman–Crippen MR) is 128 cm³/mol. The highest BCUT2D eigenvalue weighted by Crippen LogP contribution is 2.38. The van der Waals surface area contributed by atoms with Crippen LogP contribution in [0.25, 0.3) is 0 Å². The fraction of sp³-hybridized carbons (Fsp3) is 0.621. The molecule has 1 aromatic carbocycles. The molecule has 0 saturated heterocycles. The summed E-state index contributed by atoms with van der Waals surface area (Å²) in [5.41, 5.74) is 1.34. The van der Waals surface area contributed by atoms with Gasteiger partial charge in [-0.3, -0.25) is 0 Å². The first-order valence-corrected chi connectivity index (χ1v) is 12.7. The van der Waals surface area contributed by atoms with Crippen LogP contribution in [-0.2, 0) is 0 Å². The zero-order valence-corrected chi connectivity index (χ0v) is 19.2. The van der Waals surface area contributed by atoms with E-state index < -0.39 is 0 Å². The number of benzene rings is 1. The Bertz CT molecular complexity index is 710. The standard InChI is InChI=1S/C29H40FN/c30-29-21-19-28(20-22-29)27-17-15-26(16-18-27)10-6-5-9-25-13-11-24(12-14-25)8-4-2-1-3-7-23-31/h1-3,7,19-22,24-27H,4-6,8-18H2. The van der Waals surface area contributed by atoms with Crippen molar-refractivity contribution in [1.82, 2.24) is 0 Å². The maximum atomic E-state index is 13.1. The number of halogens is 1. The maximum absolute atomic E-state index is 13.1. The minimum atomic E-state index is -0.121. The monoisotopic (exact) mass is 421 g/mol. The van der Waals surface area contributed by atoms with Gasteiger partial charge in [-0.05, 0) is 79.9 Å². The fourth-order valence-corrected chi connectivity index (χ4v) is 5.80. The van der Waals surface area contributed by atoms with Gasteiger partial charge in [0.2, 0.25) is 0 Å². The van der Waals surface area contributed by atoms with Crippen molar-refractivity contribution in [3.05, 3.63) is 60.0 Å². The van der Waals surface area contributed by atoms with Crippen molar-refractivity contribution in [2.24, 2.45) is 17.8 Å². The number of allylic oxidation sites excluding steroid dienone is 4. The number of unbranched alkanes of at least 4 members (excludes halogenated alkanes) is 1. The van der Waals surface area contributed by atoms with E-state index in [4.69, 9.17) is 5.26 Å². The molecule has 1 aromatic rings. The summed E-state index contributed by atoms with van der Waals surface area (Å²) in [4.78, 5) is 0. The van der Waals surface area contributed by atoms with E-state index in [-0.39, 0.29) is 5.82 Å². The second-order valence-corrected chi connectivity index (χ2v) is 9.93. The van der Waals surface area contributed by atoms with Gasteiger partial charge in [0.15, 0.2) is 0 Å². The van der Waals surface area contributed by atoms with Gasteiger partial charge in [0.25, 0.3) is 0 Å². The Kier molecular flexibility index (Phi) is 10.4. The Balaban J connectivity index is 1.21. The fourth-order valence-electron chi connectivity index (χ4n) is 5.80. The molecule has 0 unspecified atom stereocenters. The van der Waals surface area contributed by atoms with E-state index >= 15 is 0 Å². The molecular weight excluding hydrogens is 381 g/mol. The first-order valence-electron chi connectivity index (χ1n) is 12.7. The van der Waals surface area contributed by atoms with Crippen LogP contribution in [0.2, 0.25) is 0 Å². The van der Waals surface area contributed by atoms with E-state index in [0.717, 1.165) is 24.2 Å². The summed E-state index contributed by atoms with van der Waals surface area (Å²) in [5.74, 6) is 3.33. The molecule has 0 heterocycles. The van der Waals surface area contributed by atoms with Gasteiger partial charge in [-0.1, -0.05) is 81.7 Å². The highest BCUT2D eigenvalue weighted by Gasteiger charge is 2.23. The van der Waals surface area contributed by atoms with Crippen molar-refractivity contribution in [2.75, 3.05) is 0 Å². The third kappa shape index (κ3) is 8.64. The summed E-state index contributed by atoms with van der Waals surface area (Å²) in [6, 6.07) is 9.22. The van der Waals surface area contributed by atoms with E-state index in [0.29, 0.717) is 5.92 Å². The Morgan fingerprint density at radius 1 is 0.774 bits per heavy atom. The molecule has 31 heavy (non-hydrogen) atoms. The minimum absolute atomic E-state index is 0.121. The molecule has 0 aliphatic heterocycles. The molecule has 2 heteroatoms. The summed E-state index contributed by atoms with van der Waals surface area (Å²) >= 11 is 0. The molecule has 1 nitrogen and oxygen atoms in total. The lowest BCUT2D eigenvalue weighted by Crippen LogP contribution is -2.15.